The maximum atomic E-state index is 12.8. The zero-order valence-corrected chi connectivity index (χ0v) is 13.2. The van der Waals surface area contributed by atoms with Gasteiger partial charge >= 0.3 is 0 Å². The number of hydrogen-bond acceptors (Lipinski definition) is 3. The van der Waals surface area contributed by atoms with Crippen LogP contribution >= 0.6 is 11.3 Å². The monoisotopic (exact) mass is 307 g/mol. The highest BCUT2D eigenvalue weighted by atomic mass is 32.2. The maximum Gasteiger partial charge on any atom is 0.243 e. The van der Waals surface area contributed by atoms with E-state index in [1.54, 1.807) is 27.8 Å². The lowest BCUT2D eigenvalue weighted by atomic mass is 10.0. The Morgan fingerprint density at radius 1 is 1.20 bits per heavy atom. The summed E-state index contributed by atoms with van der Waals surface area (Å²) in [6.45, 7) is 4.49. The molecule has 0 aliphatic carbocycles. The number of thiophene rings is 1. The molecule has 2 aromatic rings. The van der Waals surface area contributed by atoms with Crippen LogP contribution in [0.15, 0.2) is 40.6 Å². The van der Waals surface area contributed by atoms with Crippen LogP contribution < -0.4 is 0 Å². The van der Waals surface area contributed by atoms with Gasteiger partial charge in [-0.2, -0.15) is 4.31 Å². The molecule has 1 aromatic carbocycles. The normalized spacial score (nSPS) is 19.8. The van der Waals surface area contributed by atoms with Gasteiger partial charge in [-0.05, 0) is 49.4 Å². The van der Waals surface area contributed by atoms with E-state index in [0.29, 0.717) is 11.4 Å². The third-order valence-electron chi connectivity index (χ3n) is 3.85. The molecule has 1 unspecified atom stereocenters. The molecule has 0 fully saturated rings. The highest BCUT2D eigenvalue weighted by molar-refractivity contribution is 7.89. The Morgan fingerprint density at radius 2 is 1.90 bits per heavy atom. The Labute approximate surface area is 123 Å². The molecule has 1 aliphatic rings. The smallest absolute Gasteiger partial charge is 0.207 e. The summed E-state index contributed by atoms with van der Waals surface area (Å²) >= 11 is 1.72. The Hall–Kier alpha value is -1.17. The lowest BCUT2D eigenvalue weighted by Crippen LogP contribution is -2.38. The van der Waals surface area contributed by atoms with Crippen LogP contribution in [0, 0.1) is 6.92 Å². The standard InChI is InChI=1S/C15H17NO2S2/c1-11-3-5-13(6-4-11)20(17,18)16-9-7-15-14(12(16)2)8-10-19-15/h3-6,8,10,12H,7,9H2,1-2H3. The number of rotatable bonds is 2. The Balaban J connectivity index is 1.99. The number of nitrogens with zero attached hydrogens (tertiary/aromatic N) is 1. The van der Waals surface area contributed by atoms with Crippen molar-refractivity contribution in [2.24, 2.45) is 0 Å². The first-order valence-electron chi connectivity index (χ1n) is 6.65. The second kappa shape index (κ2) is 4.98. The summed E-state index contributed by atoms with van der Waals surface area (Å²) in [7, 11) is -3.41. The molecule has 3 rings (SSSR count). The minimum Gasteiger partial charge on any atom is -0.207 e. The van der Waals surface area contributed by atoms with Crippen LogP contribution in [0.3, 0.4) is 0 Å². The number of benzene rings is 1. The molecule has 5 heteroatoms. The van der Waals surface area contributed by atoms with Crippen LogP contribution in [0.25, 0.3) is 0 Å². The fourth-order valence-corrected chi connectivity index (χ4v) is 5.24. The van der Waals surface area contributed by atoms with E-state index in [9.17, 15) is 8.42 Å². The van der Waals surface area contributed by atoms with Gasteiger partial charge in [0.15, 0.2) is 0 Å². The molecule has 0 N–H and O–H groups in total. The van der Waals surface area contributed by atoms with E-state index in [2.05, 4.69) is 0 Å². The van der Waals surface area contributed by atoms with Crippen molar-refractivity contribution in [3.8, 4) is 0 Å². The van der Waals surface area contributed by atoms with Crippen LogP contribution in [0.4, 0.5) is 0 Å². The van der Waals surface area contributed by atoms with E-state index < -0.39 is 10.0 Å². The fraction of sp³-hybridized carbons (Fsp3) is 0.333. The van der Waals surface area contributed by atoms with E-state index in [0.717, 1.165) is 17.5 Å². The van der Waals surface area contributed by atoms with Gasteiger partial charge in [0.2, 0.25) is 10.0 Å². The van der Waals surface area contributed by atoms with Crippen molar-refractivity contribution in [1.82, 2.24) is 4.31 Å². The zero-order chi connectivity index (χ0) is 14.3. The summed E-state index contributed by atoms with van der Waals surface area (Å²) in [5.41, 5.74) is 2.22. The summed E-state index contributed by atoms with van der Waals surface area (Å²) in [4.78, 5) is 1.70. The first kappa shape index (κ1) is 13.8. The number of sulfonamides is 1. The van der Waals surface area contributed by atoms with E-state index >= 15 is 0 Å². The summed E-state index contributed by atoms with van der Waals surface area (Å²) in [6.07, 6.45) is 0.808. The predicted molar refractivity (Wildman–Crippen MR) is 81.5 cm³/mol. The van der Waals surface area contributed by atoms with Gasteiger partial charge in [-0.3, -0.25) is 0 Å². The SMILES string of the molecule is Cc1ccc(S(=O)(=O)N2CCc3sccc3C2C)cc1. The number of aryl methyl sites for hydroxylation is 1. The highest BCUT2D eigenvalue weighted by Gasteiger charge is 2.34. The number of fused-ring (bicyclic) bond motifs is 1. The molecule has 0 saturated heterocycles. The third kappa shape index (κ3) is 2.20. The quantitative estimate of drug-likeness (QED) is 0.853. The average molecular weight is 307 g/mol. The summed E-state index contributed by atoms with van der Waals surface area (Å²) in [6, 6.07) is 9.04. The molecule has 0 radical (unpaired) electrons. The molecule has 0 spiro atoms. The molecule has 106 valence electrons. The van der Waals surface area contributed by atoms with Gasteiger partial charge < -0.3 is 0 Å². The molecular weight excluding hydrogens is 290 g/mol. The molecule has 3 nitrogen and oxygen atoms in total. The first-order valence-corrected chi connectivity index (χ1v) is 8.97. The number of hydrogen-bond donors (Lipinski definition) is 0. The van der Waals surface area contributed by atoms with Crippen molar-refractivity contribution >= 4 is 21.4 Å². The molecule has 0 saturated carbocycles. The van der Waals surface area contributed by atoms with Crippen molar-refractivity contribution in [3.63, 3.8) is 0 Å². The second-order valence-corrected chi connectivity index (χ2v) is 8.05. The van der Waals surface area contributed by atoms with Crippen molar-refractivity contribution in [3.05, 3.63) is 51.7 Å². The summed E-state index contributed by atoms with van der Waals surface area (Å²) in [5, 5.41) is 2.04. The van der Waals surface area contributed by atoms with Crippen LogP contribution in [0.1, 0.15) is 29.0 Å². The van der Waals surface area contributed by atoms with Gasteiger partial charge in [-0.1, -0.05) is 17.7 Å². The zero-order valence-electron chi connectivity index (χ0n) is 11.5. The van der Waals surface area contributed by atoms with E-state index in [1.807, 2.05) is 37.4 Å². The predicted octanol–water partition coefficient (Wildman–Crippen LogP) is 3.36. The lowest BCUT2D eigenvalue weighted by molar-refractivity contribution is 0.329. The molecule has 1 aromatic heterocycles. The van der Waals surface area contributed by atoms with Gasteiger partial charge in [0.1, 0.15) is 0 Å². The van der Waals surface area contributed by atoms with Crippen molar-refractivity contribution < 1.29 is 8.42 Å². The Kier molecular flexibility index (Phi) is 3.44. The minimum atomic E-state index is -3.41. The van der Waals surface area contributed by atoms with Gasteiger partial charge in [0.05, 0.1) is 4.90 Å². The van der Waals surface area contributed by atoms with E-state index in [1.165, 1.54) is 4.88 Å². The highest BCUT2D eigenvalue weighted by Crippen LogP contribution is 2.36. The molecule has 2 heterocycles. The van der Waals surface area contributed by atoms with Gasteiger partial charge in [-0.25, -0.2) is 8.42 Å². The van der Waals surface area contributed by atoms with Crippen LogP contribution in [-0.2, 0) is 16.4 Å². The van der Waals surface area contributed by atoms with Crippen molar-refractivity contribution in [1.29, 1.82) is 0 Å². The van der Waals surface area contributed by atoms with Gasteiger partial charge in [0, 0.05) is 17.5 Å². The topological polar surface area (TPSA) is 37.4 Å². The minimum absolute atomic E-state index is 0.0868. The second-order valence-electron chi connectivity index (χ2n) is 5.15. The molecule has 1 aliphatic heterocycles. The maximum absolute atomic E-state index is 12.8. The third-order valence-corrected chi connectivity index (χ3v) is 6.83. The van der Waals surface area contributed by atoms with Crippen molar-refractivity contribution in [2.75, 3.05) is 6.54 Å². The lowest BCUT2D eigenvalue weighted by Gasteiger charge is -2.32. The first-order chi connectivity index (χ1) is 9.50. The fourth-order valence-electron chi connectivity index (χ4n) is 2.66. The summed E-state index contributed by atoms with van der Waals surface area (Å²) in [5.74, 6) is 0. The van der Waals surface area contributed by atoms with Crippen molar-refractivity contribution in [2.45, 2.75) is 31.2 Å². The molecule has 1 atom stereocenters. The van der Waals surface area contributed by atoms with Crippen LogP contribution in [-0.4, -0.2) is 19.3 Å². The molecular formula is C15H17NO2S2. The average Bonchev–Trinajstić information content (AvgIpc) is 2.88. The van der Waals surface area contributed by atoms with Crippen LogP contribution in [0.2, 0.25) is 0 Å². The van der Waals surface area contributed by atoms with Gasteiger partial charge in [-0.15, -0.1) is 11.3 Å². The largest absolute Gasteiger partial charge is 0.243 e. The van der Waals surface area contributed by atoms with E-state index in [4.69, 9.17) is 0 Å². The molecule has 0 bridgehead atoms. The van der Waals surface area contributed by atoms with Crippen LogP contribution in [0.5, 0.6) is 0 Å². The molecule has 20 heavy (non-hydrogen) atoms. The van der Waals surface area contributed by atoms with E-state index in [-0.39, 0.29) is 6.04 Å². The Morgan fingerprint density at radius 3 is 2.60 bits per heavy atom. The Bertz CT molecular complexity index is 717. The van der Waals surface area contributed by atoms with Gasteiger partial charge in [0.25, 0.3) is 0 Å². The summed E-state index contributed by atoms with van der Waals surface area (Å²) < 4.78 is 27.2. The molecule has 0 amide bonds.